The van der Waals surface area contributed by atoms with E-state index >= 15 is 0 Å². The molecule has 1 aliphatic heterocycles. The van der Waals surface area contributed by atoms with Gasteiger partial charge in [0.15, 0.2) is 5.96 Å². The van der Waals surface area contributed by atoms with Crippen LogP contribution < -0.4 is 10.6 Å². The van der Waals surface area contributed by atoms with Crippen LogP contribution in [-0.4, -0.2) is 25.6 Å². The van der Waals surface area contributed by atoms with E-state index in [4.69, 9.17) is 0 Å². The summed E-state index contributed by atoms with van der Waals surface area (Å²) in [5.74, 6) is 2.10. The number of aliphatic imine (C=N–C) groups is 1. The maximum absolute atomic E-state index is 4.46. The van der Waals surface area contributed by atoms with Gasteiger partial charge in [0.2, 0.25) is 0 Å². The van der Waals surface area contributed by atoms with Crippen molar-refractivity contribution >= 4 is 29.9 Å². The molecule has 2 saturated carbocycles. The number of rotatable bonds is 2. The van der Waals surface area contributed by atoms with Crippen molar-refractivity contribution in [3.05, 3.63) is 0 Å². The van der Waals surface area contributed by atoms with Crippen molar-refractivity contribution in [2.75, 3.05) is 19.6 Å². The second-order valence-electron chi connectivity index (χ2n) is 5.51. The van der Waals surface area contributed by atoms with Gasteiger partial charge in [0.1, 0.15) is 0 Å². The molecule has 1 heterocycles. The third kappa shape index (κ3) is 2.46. The lowest BCUT2D eigenvalue weighted by Gasteiger charge is -2.28. The number of nitrogens with zero attached hydrogens (tertiary/aromatic N) is 1. The van der Waals surface area contributed by atoms with Crippen LogP contribution in [0.3, 0.4) is 0 Å². The minimum atomic E-state index is 0. The van der Waals surface area contributed by atoms with E-state index in [0.717, 1.165) is 31.5 Å². The molecule has 3 rings (SSSR count). The molecule has 2 aliphatic carbocycles. The van der Waals surface area contributed by atoms with E-state index in [1.165, 1.54) is 38.5 Å². The molecule has 16 heavy (non-hydrogen) atoms. The summed E-state index contributed by atoms with van der Waals surface area (Å²) < 4.78 is 0. The quantitative estimate of drug-likeness (QED) is 0.759. The molecule has 2 fully saturated rings. The molecule has 3 nitrogen and oxygen atoms in total. The molecule has 0 radical (unpaired) electrons. The van der Waals surface area contributed by atoms with Crippen LogP contribution in [0.15, 0.2) is 4.99 Å². The Labute approximate surface area is 115 Å². The van der Waals surface area contributed by atoms with Gasteiger partial charge in [-0.25, -0.2) is 0 Å². The molecular formula is C12H22IN3. The number of guanidine groups is 1. The van der Waals surface area contributed by atoms with Gasteiger partial charge < -0.3 is 10.6 Å². The number of nitrogens with one attached hydrogen (secondary N) is 2. The standard InChI is InChI=1S/C12H21N3.HI/c1-6-13-11(14-7-1)15-9-12-4-2-10(8-12)3-5-12;/h10H,1-9H2,(H2,13,14,15);1H. The Morgan fingerprint density at radius 1 is 1.38 bits per heavy atom. The largest absolute Gasteiger partial charge is 0.356 e. The molecule has 0 unspecified atom stereocenters. The van der Waals surface area contributed by atoms with E-state index in [1.54, 1.807) is 0 Å². The Balaban J connectivity index is 0.000000963. The Bertz CT molecular complexity index is 269. The van der Waals surface area contributed by atoms with Crippen molar-refractivity contribution in [3.63, 3.8) is 0 Å². The lowest BCUT2D eigenvalue weighted by Crippen LogP contribution is -2.44. The van der Waals surface area contributed by atoms with Crippen LogP contribution in [0.25, 0.3) is 0 Å². The Kier molecular flexibility index (Phi) is 3.97. The van der Waals surface area contributed by atoms with Crippen LogP contribution in [0.5, 0.6) is 0 Å². The highest BCUT2D eigenvalue weighted by atomic mass is 127. The van der Waals surface area contributed by atoms with Gasteiger partial charge in [-0.3, -0.25) is 4.99 Å². The van der Waals surface area contributed by atoms with Gasteiger partial charge in [0, 0.05) is 19.6 Å². The Hall–Kier alpha value is 0. The minimum absolute atomic E-state index is 0. The van der Waals surface area contributed by atoms with Gasteiger partial charge in [-0.15, -0.1) is 24.0 Å². The third-order valence-electron chi connectivity index (χ3n) is 4.42. The summed E-state index contributed by atoms with van der Waals surface area (Å²) in [6.07, 6.45) is 8.48. The fraction of sp³-hybridized carbons (Fsp3) is 0.917. The number of hydrogen-bond acceptors (Lipinski definition) is 3. The van der Waals surface area contributed by atoms with E-state index < -0.39 is 0 Å². The van der Waals surface area contributed by atoms with E-state index in [-0.39, 0.29) is 24.0 Å². The molecule has 2 N–H and O–H groups in total. The highest BCUT2D eigenvalue weighted by Gasteiger charge is 2.44. The first-order chi connectivity index (χ1) is 7.36. The summed E-state index contributed by atoms with van der Waals surface area (Å²) >= 11 is 0. The monoisotopic (exact) mass is 335 g/mol. The van der Waals surface area contributed by atoms with Gasteiger partial charge in [0.05, 0.1) is 0 Å². The maximum Gasteiger partial charge on any atom is 0.191 e. The van der Waals surface area contributed by atoms with Crippen LogP contribution in [0, 0.1) is 11.3 Å². The summed E-state index contributed by atoms with van der Waals surface area (Å²) in [5.41, 5.74) is 0.631. The summed E-state index contributed by atoms with van der Waals surface area (Å²) in [4.78, 5) is 4.46. The topological polar surface area (TPSA) is 36.4 Å². The molecule has 3 aliphatic rings. The second-order valence-corrected chi connectivity index (χ2v) is 5.51. The normalized spacial score (nSPS) is 36.2. The third-order valence-corrected chi connectivity index (χ3v) is 4.42. The fourth-order valence-electron chi connectivity index (χ4n) is 3.48. The van der Waals surface area contributed by atoms with Gasteiger partial charge in [0.25, 0.3) is 0 Å². The number of hydrogen-bond donors (Lipinski definition) is 2. The Morgan fingerprint density at radius 3 is 2.75 bits per heavy atom. The van der Waals surface area contributed by atoms with Crippen molar-refractivity contribution in [1.82, 2.24) is 10.6 Å². The van der Waals surface area contributed by atoms with E-state index in [0.29, 0.717) is 5.41 Å². The first-order valence-electron chi connectivity index (χ1n) is 6.39. The molecule has 0 aromatic carbocycles. The van der Waals surface area contributed by atoms with E-state index in [1.807, 2.05) is 0 Å². The molecule has 0 saturated heterocycles. The van der Waals surface area contributed by atoms with Crippen molar-refractivity contribution in [2.45, 2.75) is 38.5 Å². The molecule has 0 amide bonds. The SMILES string of the molecule is C1CN=C(NCC23CCC(CC2)C3)NC1.I. The van der Waals surface area contributed by atoms with Crippen LogP contribution in [0.4, 0.5) is 0 Å². The molecule has 0 aromatic rings. The van der Waals surface area contributed by atoms with Crippen LogP contribution in [0.1, 0.15) is 38.5 Å². The molecule has 2 bridgehead atoms. The van der Waals surface area contributed by atoms with Crippen LogP contribution >= 0.6 is 24.0 Å². The average Bonchev–Trinajstić information content (AvgIpc) is 2.89. The lowest BCUT2D eigenvalue weighted by molar-refractivity contribution is 0.293. The molecular weight excluding hydrogens is 313 g/mol. The number of fused-ring (bicyclic) bond motifs is 2. The first-order valence-corrected chi connectivity index (χ1v) is 6.39. The van der Waals surface area contributed by atoms with Crippen molar-refractivity contribution < 1.29 is 0 Å². The smallest absolute Gasteiger partial charge is 0.191 e. The minimum Gasteiger partial charge on any atom is -0.356 e. The van der Waals surface area contributed by atoms with Crippen LogP contribution in [-0.2, 0) is 0 Å². The summed E-state index contributed by atoms with van der Waals surface area (Å²) in [6.45, 7) is 3.22. The number of halogens is 1. The predicted octanol–water partition coefficient (Wildman–Crippen LogP) is 2.12. The van der Waals surface area contributed by atoms with E-state index in [2.05, 4.69) is 15.6 Å². The molecule has 0 aromatic heterocycles. The van der Waals surface area contributed by atoms with Crippen molar-refractivity contribution in [1.29, 1.82) is 0 Å². The zero-order chi connectivity index (χ0) is 10.1. The average molecular weight is 335 g/mol. The summed E-state index contributed by atoms with van der Waals surface area (Å²) in [7, 11) is 0. The van der Waals surface area contributed by atoms with Gasteiger partial charge in [-0.1, -0.05) is 0 Å². The molecule has 4 heteroatoms. The highest BCUT2D eigenvalue weighted by molar-refractivity contribution is 14.0. The zero-order valence-corrected chi connectivity index (χ0v) is 12.1. The zero-order valence-electron chi connectivity index (χ0n) is 9.80. The van der Waals surface area contributed by atoms with Gasteiger partial charge in [-0.2, -0.15) is 0 Å². The lowest BCUT2D eigenvalue weighted by atomic mass is 9.84. The van der Waals surface area contributed by atoms with E-state index in [9.17, 15) is 0 Å². The van der Waals surface area contributed by atoms with Crippen molar-refractivity contribution in [3.8, 4) is 0 Å². The fourth-order valence-corrected chi connectivity index (χ4v) is 3.48. The second kappa shape index (κ2) is 5.10. The maximum atomic E-state index is 4.46. The predicted molar refractivity (Wildman–Crippen MR) is 77.3 cm³/mol. The first kappa shape index (κ1) is 12.5. The summed E-state index contributed by atoms with van der Waals surface area (Å²) in [6, 6.07) is 0. The Morgan fingerprint density at radius 2 is 2.19 bits per heavy atom. The molecule has 0 spiro atoms. The van der Waals surface area contributed by atoms with Crippen LogP contribution in [0.2, 0.25) is 0 Å². The van der Waals surface area contributed by atoms with Gasteiger partial charge >= 0.3 is 0 Å². The molecule has 92 valence electrons. The van der Waals surface area contributed by atoms with Crippen molar-refractivity contribution in [2.24, 2.45) is 16.3 Å². The summed E-state index contributed by atoms with van der Waals surface area (Å²) in [5, 5.41) is 6.86. The van der Waals surface area contributed by atoms with Gasteiger partial charge in [-0.05, 0) is 49.9 Å². The molecule has 0 atom stereocenters. The highest BCUT2D eigenvalue weighted by Crippen LogP contribution is 2.53.